The molecule has 21 heavy (non-hydrogen) atoms. The second-order valence-electron chi connectivity index (χ2n) is 6.59. The van der Waals surface area contributed by atoms with E-state index in [4.69, 9.17) is 5.73 Å². The second-order valence-corrected chi connectivity index (χ2v) is 6.59. The van der Waals surface area contributed by atoms with Crippen molar-refractivity contribution in [3.8, 4) is 0 Å². The lowest BCUT2D eigenvalue weighted by atomic mass is 10.0. The van der Waals surface area contributed by atoms with E-state index in [1.807, 2.05) is 0 Å². The minimum atomic E-state index is 0. The van der Waals surface area contributed by atoms with Crippen molar-refractivity contribution in [1.82, 2.24) is 0 Å². The molecule has 0 spiro atoms. The third-order valence-electron chi connectivity index (χ3n) is 4.21. The largest absolute Gasteiger partial charge is 0.328 e. The summed E-state index contributed by atoms with van der Waals surface area (Å²) in [6, 6.07) is 0.387. The number of unbranched alkanes of at least 4 members (excludes halogenated alkanes) is 7. The number of halogens is 1. The highest BCUT2D eigenvalue weighted by Gasteiger charge is 1.97. The molecule has 0 bridgehead atoms. The summed E-state index contributed by atoms with van der Waals surface area (Å²) in [6.45, 7) is 6.76. The Labute approximate surface area is 140 Å². The van der Waals surface area contributed by atoms with Crippen LogP contribution in [-0.2, 0) is 0 Å². The highest BCUT2D eigenvalue weighted by atomic mass is 35.5. The lowest BCUT2D eigenvalue weighted by Crippen LogP contribution is -2.13. The first-order valence-corrected chi connectivity index (χ1v) is 9.07. The van der Waals surface area contributed by atoms with E-state index >= 15 is 0 Å². The van der Waals surface area contributed by atoms with E-state index in [1.165, 1.54) is 77.0 Å². The van der Waals surface area contributed by atoms with Gasteiger partial charge in [0.25, 0.3) is 0 Å². The Morgan fingerprint density at radius 1 is 0.762 bits per heavy atom. The Morgan fingerprint density at radius 3 is 1.81 bits per heavy atom. The van der Waals surface area contributed by atoms with Crippen LogP contribution in [0.2, 0.25) is 0 Å². The fraction of sp³-hybridized carbons (Fsp3) is 0.895. The third kappa shape index (κ3) is 20.0. The molecule has 0 saturated heterocycles. The predicted octanol–water partition coefficient (Wildman–Crippen LogP) is 6.65. The van der Waals surface area contributed by atoms with Gasteiger partial charge in [0.1, 0.15) is 0 Å². The smallest absolute Gasteiger partial charge is 0.00104 e. The van der Waals surface area contributed by atoms with Crippen LogP contribution < -0.4 is 5.73 Å². The van der Waals surface area contributed by atoms with Crippen LogP contribution >= 0.6 is 12.4 Å². The molecule has 2 atom stereocenters. The molecule has 0 radical (unpaired) electrons. The molecule has 2 heteroatoms. The standard InChI is InChI=1S/C19H39N.ClH/c1-4-18(2)16-14-12-10-8-6-5-7-9-11-13-15-17-19(3)20;/h6,8,18-19H,4-5,7,9-17,20H2,1-3H3;1H/b8-6-;. The topological polar surface area (TPSA) is 26.0 Å². The van der Waals surface area contributed by atoms with Gasteiger partial charge in [0, 0.05) is 6.04 Å². The molecule has 128 valence electrons. The Morgan fingerprint density at radius 2 is 1.24 bits per heavy atom. The van der Waals surface area contributed by atoms with Gasteiger partial charge in [0.15, 0.2) is 0 Å². The zero-order valence-corrected chi connectivity index (χ0v) is 15.6. The highest BCUT2D eigenvalue weighted by Crippen LogP contribution is 2.13. The van der Waals surface area contributed by atoms with Crippen LogP contribution in [0, 0.1) is 5.92 Å². The van der Waals surface area contributed by atoms with E-state index in [-0.39, 0.29) is 12.4 Å². The summed E-state index contributed by atoms with van der Waals surface area (Å²) < 4.78 is 0. The molecule has 0 heterocycles. The van der Waals surface area contributed by atoms with Crippen molar-refractivity contribution in [1.29, 1.82) is 0 Å². The van der Waals surface area contributed by atoms with Gasteiger partial charge in [-0.1, -0.05) is 70.9 Å². The Kier molecular flexibility index (Phi) is 20.0. The van der Waals surface area contributed by atoms with Gasteiger partial charge in [-0.05, 0) is 44.9 Å². The fourth-order valence-electron chi connectivity index (χ4n) is 2.45. The lowest BCUT2D eigenvalue weighted by molar-refractivity contribution is 0.486. The average Bonchev–Trinajstić information content (AvgIpc) is 2.43. The lowest BCUT2D eigenvalue weighted by Gasteiger charge is -2.06. The van der Waals surface area contributed by atoms with Crippen LogP contribution in [-0.4, -0.2) is 6.04 Å². The van der Waals surface area contributed by atoms with Crippen LogP contribution in [0.1, 0.15) is 97.8 Å². The third-order valence-corrected chi connectivity index (χ3v) is 4.21. The maximum atomic E-state index is 5.74. The summed E-state index contributed by atoms with van der Waals surface area (Å²) in [5.74, 6) is 0.918. The molecule has 2 unspecified atom stereocenters. The number of hydrogen-bond acceptors (Lipinski definition) is 1. The van der Waals surface area contributed by atoms with Crippen molar-refractivity contribution in [3.05, 3.63) is 12.2 Å². The predicted molar refractivity (Wildman–Crippen MR) is 100 cm³/mol. The molecule has 0 aromatic heterocycles. The van der Waals surface area contributed by atoms with Crippen molar-refractivity contribution in [3.63, 3.8) is 0 Å². The first-order chi connectivity index (χ1) is 9.66. The summed E-state index contributed by atoms with van der Waals surface area (Å²) in [7, 11) is 0. The van der Waals surface area contributed by atoms with E-state index in [2.05, 4.69) is 32.9 Å². The summed E-state index contributed by atoms with van der Waals surface area (Å²) >= 11 is 0. The van der Waals surface area contributed by atoms with E-state index in [9.17, 15) is 0 Å². The van der Waals surface area contributed by atoms with E-state index in [0.717, 1.165) is 5.92 Å². The van der Waals surface area contributed by atoms with Crippen molar-refractivity contribution in [2.24, 2.45) is 11.7 Å². The van der Waals surface area contributed by atoms with Crippen molar-refractivity contribution < 1.29 is 0 Å². The number of nitrogens with two attached hydrogens (primary N) is 1. The quantitative estimate of drug-likeness (QED) is 0.282. The van der Waals surface area contributed by atoms with Crippen LogP contribution in [0.4, 0.5) is 0 Å². The zero-order valence-electron chi connectivity index (χ0n) is 14.8. The van der Waals surface area contributed by atoms with Gasteiger partial charge in [-0.15, -0.1) is 12.4 Å². The van der Waals surface area contributed by atoms with Gasteiger partial charge < -0.3 is 5.73 Å². The Hall–Kier alpha value is -0.0100. The van der Waals surface area contributed by atoms with E-state index < -0.39 is 0 Å². The molecule has 0 amide bonds. The number of rotatable bonds is 14. The summed E-state index contributed by atoms with van der Waals surface area (Å²) in [5, 5.41) is 0. The maximum absolute atomic E-state index is 5.74. The second kappa shape index (κ2) is 18.0. The maximum Gasteiger partial charge on any atom is 0.00104 e. The Balaban J connectivity index is 0. The van der Waals surface area contributed by atoms with Crippen LogP contribution in [0.3, 0.4) is 0 Å². The van der Waals surface area contributed by atoms with E-state index in [0.29, 0.717) is 6.04 Å². The van der Waals surface area contributed by atoms with Crippen LogP contribution in [0.25, 0.3) is 0 Å². The molecule has 0 aliphatic rings. The first kappa shape index (κ1) is 23.3. The molecule has 0 saturated carbocycles. The monoisotopic (exact) mass is 317 g/mol. The van der Waals surface area contributed by atoms with Gasteiger partial charge in [-0.25, -0.2) is 0 Å². The molecule has 1 nitrogen and oxygen atoms in total. The molecular formula is C19H40ClN. The zero-order chi connectivity index (χ0) is 15.1. The van der Waals surface area contributed by atoms with Crippen molar-refractivity contribution in [2.45, 2.75) is 104 Å². The van der Waals surface area contributed by atoms with Gasteiger partial charge in [-0.3, -0.25) is 0 Å². The summed E-state index contributed by atoms with van der Waals surface area (Å²) in [4.78, 5) is 0. The molecule has 0 aliphatic heterocycles. The minimum Gasteiger partial charge on any atom is -0.328 e. The van der Waals surface area contributed by atoms with Crippen molar-refractivity contribution in [2.75, 3.05) is 0 Å². The summed E-state index contributed by atoms with van der Waals surface area (Å²) in [5.41, 5.74) is 5.74. The minimum absolute atomic E-state index is 0. The average molecular weight is 318 g/mol. The molecule has 0 aliphatic carbocycles. The van der Waals surface area contributed by atoms with Gasteiger partial charge in [-0.2, -0.15) is 0 Å². The molecule has 0 fully saturated rings. The fourth-order valence-corrected chi connectivity index (χ4v) is 2.45. The Bertz CT molecular complexity index is 214. The van der Waals surface area contributed by atoms with Crippen molar-refractivity contribution >= 4 is 12.4 Å². The summed E-state index contributed by atoms with van der Waals surface area (Å²) in [6.07, 6.45) is 20.9. The van der Waals surface area contributed by atoms with Gasteiger partial charge >= 0.3 is 0 Å². The van der Waals surface area contributed by atoms with Gasteiger partial charge in [0.2, 0.25) is 0 Å². The van der Waals surface area contributed by atoms with Crippen LogP contribution in [0.5, 0.6) is 0 Å². The van der Waals surface area contributed by atoms with Crippen LogP contribution in [0.15, 0.2) is 12.2 Å². The first-order valence-electron chi connectivity index (χ1n) is 9.07. The normalized spacial score (nSPS) is 14.1. The van der Waals surface area contributed by atoms with Gasteiger partial charge in [0.05, 0.1) is 0 Å². The SMILES string of the molecule is CCC(C)CCCC/C=C\CCCCCCCC(C)N.Cl. The number of hydrogen-bond donors (Lipinski definition) is 1. The molecule has 0 aromatic rings. The molecule has 0 aromatic carbocycles. The molecular weight excluding hydrogens is 278 g/mol. The number of allylic oxidation sites excluding steroid dienone is 2. The molecule has 0 rings (SSSR count). The van der Waals surface area contributed by atoms with E-state index in [1.54, 1.807) is 0 Å². The molecule has 2 N–H and O–H groups in total. The highest BCUT2D eigenvalue weighted by molar-refractivity contribution is 5.85.